The summed E-state index contributed by atoms with van der Waals surface area (Å²) < 4.78 is 7.34. The van der Waals surface area contributed by atoms with Crippen molar-refractivity contribution < 1.29 is 4.42 Å². The number of thiocarbonyl (C=S) groups is 1. The van der Waals surface area contributed by atoms with E-state index < -0.39 is 0 Å². The van der Waals surface area contributed by atoms with Gasteiger partial charge in [-0.2, -0.15) is 0 Å². The van der Waals surface area contributed by atoms with Gasteiger partial charge in [-0.25, -0.2) is 0 Å². The Morgan fingerprint density at radius 3 is 2.53 bits per heavy atom. The number of halogens is 3. The molecule has 0 radical (unpaired) electrons. The summed E-state index contributed by atoms with van der Waals surface area (Å²) in [7, 11) is 0. The van der Waals surface area contributed by atoms with E-state index in [4.69, 9.17) is 39.8 Å². The van der Waals surface area contributed by atoms with Crippen LogP contribution in [0.25, 0.3) is 11.3 Å². The first-order chi connectivity index (χ1) is 15.5. The fraction of sp³-hybridized carbons (Fsp3) is 0.0833. The normalized spacial score (nSPS) is 18.1. The van der Waals surface area contributed by atoms with E-state index in [9.17, 15) is 0 Å². The van der Waals surface area contributed by atoms with Crippen LogP contribution >= 0.6 is 51.3 Å². The molecule has 0 bridgehead atoms. The molecule has 0 aliphatic carbocycles. The maximum atomic E-state index is 6.43. The number of anilines is 1. The predicted molar refractivity (Wildman–Crippen MR) is 136 cm³/mol. The van der Waals surface area contributed by atoms with Crippen LogP contribution in [0.3, 0.4) is 0 Å². The molecular weight excluding hydrogens is 529 g/mol. The minimum absolute atomic E-state index is 0.193. The number of nitrogens with zero attached hydrogens (tertiary/aromatic N) is 2. The molecule has 2 aromatic carbocycles. The maximum Gasteiger partial charge on any atom is 0.174 e. The van der Waals surface area contributed by atoms with Crippen LogP contribution < -0.4 is 10.2 Å². The van der Waals surface area contributed by atoms with Crippen molar-refractivity contribution in [3.05, 3.63) is 105 Å². The van der Waals surface area contributed by atoms with E-state index >= 15 is 0 Å². The fourth-order valence-corrected chi connectivity index (χ4v) is 4.88. The average molecular weight is 545 g/mol. The van der Waals surface area contributed by atoms with Crippen molar-refractivity contribution in [2.45, 2.75) is 12.1 Å². The van der Waals surface area contributed by atoms with Gasteiger partial charge in [-0.3, -0.25) is 4.98 Å². The van der Waals surface area contributed by atoms with E-state index in [1.165, 1.54) is 0 Å². The van der Waals surface area contributed by atoms with Gasteiger partial charge in [0.05, 0.1) is 21.8 Å². The Kier molecular flexibility index (Phi) is 5.95. The zero-order valence-electron chi connectivity index (χ0n) is 16.5. The highest BCUT2D eigenvalue weighted by molar-refractivity contribution is 9.10. The summed E-state index contributed by atoms with van der Waals surface area (Å²) in [4.78, 5) is 6.63. The molecule has 2 unspecified atom stereocenters. The molecule has 3 heterocycles. The zero-order valence-corrected chi connectivity index (χ0v) is 20.4. The van der Waals surface area contributed by atoms with Gasteiger partial charge >= 0.3 is 0 Å². The highest BCUT2D eigenvalue weighted by Crippen LogP contribution is 2.44. The highest BCUT2D eigenvalue weighted by atomic mass is 79.9. The van der Waals surface area contributed by atoms with Crippen LogP contribution in [-0.2, 0) is 0 Å². The Labute approximate surface area is 209 Å². The Morgan fingerprint density at radius 1 is 0.969 bits per heavy atom. The lowest BCUT2D eigenvalue weighted by molar-refractivity contribution is 0.439. The molecule has 2 aromatic heterocycles. The molecule has 5 rings (SSSR count). The number of furan rings is 1. The van der Waals surface area contributed by atoms with Crippen LogP contribution in [0.15, 0.2) is 87.9 Å². The van der Waals surface area contributed by atoms with E-state index in [0.29, 0.717) is 20.9 Å². The second-order valence-electron chi connectivity index (χ2n) is 7.28. The quantitative estimate of drug-likeness (QED) is 0.268. The van der Waals surface area contributed by atoms with Crippen molar-refractivity contribution in [1.82, 2.24) is 10.3 Å². The molecule has 32 heavy (non-hydrogen) atoms. The molecule has 8 heteroatoms. The molecule has 1 saturated heterocycles. The lowest BCUT2D eigenvalue weighted by Crippen LogP contribution is -2.29. The smallest absolute Gasteiger partial charge is 0.174 e. The lowest BCUT2D eigenvalue weighted by Gasteiger charge is -2.26. The number of aromatic nitrogens is 1. The topological polar surface area (TPSA) is 41.3 Å². The molecular formula is C24H16BrCl2N3OS. The van der Waals surface area contributed by atoms with Crippen LogP contribution in [0.2, 0.25) is 10.0 Å². The van der Waals surface area contributed by atoms with E-state index in [-0.39, 0.29) is 12.1 Å². The first-order valence-electron chi connectivity index (χ1n) is 9.83. The summed E-state index contributed by atoms with van der Waals surface area (Å²) in [5, 5.41) is 4.97. The third-order valence-corrected chi connectivity index (χ3v) is 7.00. The number of nitrogens with one attached hydrogen (secondary N) is 1. The molecule has 0 saturated carbocycles. The summed E-state index contributed by atoms with van der Waals surface area (Å²) in [6.45, 7) is 0. The summed E-state index contributed by atoms with van der Waals surface area (Å²) in [5.74, 6) is 1.38. The van der Waals surface area contributed by atoms with Crippen molar-refractivity contribution in [2.24, 2.45) is 0 Å². The predicted octanol–water partition coefficient (Wildman–Crippen LogP) is 7.59. The van der Waals surface area contributed by atoms with Gasteiger partial charge in [0.2, 0.25) is 0 Å². The fourth-order valence-electron chi connectivity index (χ4n) is 3.87. The number of rotatable bonds is 4. The molecule has 4 aromatic rings. The van der Waals surface area contributed by atoms with Gasteiger partial charge in [-0.05, 0) is 72.9 Å². The monoisotopic (exact) mass is 543 g/mol. The van der Waals surface area contributed by atoms with Gasteiger partial charge in [0.15, 0.2) is 5.11 Å². The van der Waals surface area contributed by atoms with Gasteiger partial charge in [0.25, 0.3) is 0 Å². The van der Waals surface area contributed by atoms with Crippen LogP contribution in [0.5, 0.6) is 0 Å². The summed E-state index contributed by atoms with van der Waals surface area (Å²) in [6.07, 6.45) is 1.78. The van der Waals surface area contributed by atoms with Gasteiger partial charge in [-0.1, -0.05) is 51.3 Å². The van der Waals surface area contributed by atoms with Crippen molar-refractivity contribution >= 4 is 62.1 Å². The largest absolute Gasteiger partial charge is 0.459 e. The molecule has 160 valence electrons. The van der Waals surface area contributed by atoms with Crippen molar-refractivity contribution in [3.8, 4) is 11.3 Å². The van der Waals surface area contributed by atoms with E-state index in [1.807, 2.05) is 66.7 Å². The maximum absolute atomic E-state index is 6.43. The summed E-state index contributed by atoms with van der Waals surface area (Å²) >= 11 is 21.9. The minimum atomic E-state index is -0.245. The van der Waals surface area contributed by atoms with E-state index in [0.717, 1.165) is 27.2 Å². The number of hydrogen-bond acceptors (Lipinski definition) is 3. The molecule has 0 spiro atoms. The summed E-state index contributed by atoms with van der Waals surface area (Å²) in [6, 6.07) is 22.8. The molecule has 1 aliphatic rings. The van der Waals surface area contributed by atoms with Gasteiger partial charge in [0.1, 0.15) is 17.6 Å². The Hall–Kier alpha value is -2.38. The van der Waals surface area contributed by atoms with Crippen molar-refractivity contribution in [1.29, 1.82) is 0 Å². The van der Waals surface area contributed by atoms with Gasteiger partial charge in [-0.15, -0.1) is 0 Å². The first-order valence-corrected chi connectivity index (χ1v) is 11.8. The minimum Gasteiger partial charge on any atom is -0.459 e. The van der Waals surface area contributed by atoms with Crippen LogP contribution in [0.1, 0.15) is 23.5 Å². The molecule has 2 atom stereocenters. The Morgan fingerprint density at radius 2 is 1.78 bits per heavy atom. The van der Waals surface area contributed by atoms with Crippen LogP contribution in [-0.4, -0.2) is 10.1 Å². The SMILES string of the molecule is S=C1NC(c2ccccn2)C(c2ccc(-c3cccc(Cl)c3Cl)o2)N1c1ccc(Br)cc1. The van der Waals surface area contributed by atoms with E-state index in [1.54, 1.807) is 12.3 Å². The first kappa shape index (κ1) is 21.5. The Bertz CT molecular complexity index is 1280. The molecule has 1 N–H and O–H groups in total. The van der Waals surface area contributed by atoms with Crippen LogP contribution in [0.4, 0.5) is 5.69 Å². The van der Waals surface area contributed by atoms with Crippen molar-refractivity contribution in [3.63, 3.8) is 0 Å². The Balaban J connectivity index is 1.61. The highest BCUT2D eigenvalue weighted by Gasteiger charge is 2.42. The second-order valence-corrected chi connectivity index (χ2v) is 9.36. The van der Waals surface area contributed by atoms with Gasteiger partial charge in [0, 0.05) is 21.9 Å². The molecule has 1 aliphatic heterocycles. The molecule has 4 nitrogen and oxygen atoms in total. The third-order valence-electron chi connectivity index (χ3n) is 5.34. The number of hydrogen-bond donors (Lipinski definition) is 1. The van der Waals surface area contributed by atoms with Crippen LogP contribution in [0, 0.1) is 0 Å². The molecule has 1 fully saturated rings. The summed E-state index contributed by atoms with van der Waals surface area (Å²) in [5.41, 5.74) is 2.56. The molecule has 0 amide bonds. The number of pyridine rings is 1. The standard InChI is InChI=1S/C24H16BrCl2N3OS/c25-14-7-9-15(10-8-14)30-23(22(29-24(30)32)18-6-1-2-13-28-18)20-12-11-19(31-20)16-4-3-5-17(26)21(16)27/h1-13,22-23H,(H,29,32). The number of benzene rings is 2. The van der Waals surface area contributed by atoms with E-state index in [2.05, 4.69) is 31.1 Å². The second kappa shape index (κ2) is 8.87. The zero-order chi connectivity index (χ0) is 22.2. The average Bonchev–Trinajstić information content (AvgIpc) is 3.41. The van der Waals surface area contributed by atoms with Gasteiger partial charge < -0.3 is 14.6 Å². The third kappa shape index (κ3) is 3.92. The lowest BCUT2D eigenvalue weighted by atomic mass is 10.0. The van der Waals surface area contributed by atoms with Crippen molar-refractivity contribution in [2.75, 3.05) is 4.90 Å².